The second-order valence-corrected chi connectivity index (χ2v) is 4.98. The minimum Gasteiger partial charge on any atom is -0.439 e. The predicted octanol–water partition coefficient (Wildman–Crippen LogP) is 3.70. The molecule has 1 aromatic heterocycles. The summed E-state index contributed by atoms with van der Waals surface area (Å²) in [5, 5.41) is 18.1. The first-order valence-electron chi connectivity index (χ1n) is 7.32. The molecule has 2 rings (SSSR count). The van der Waals surface area contributed by atoms with E-state index in [4.69, 9.17) is 15.3 Å². The van der Waals surface area contributed by atoms with Gasteiger partial charge in [0.05, 0.1) is 23.3 Å². The molecule has 5 heteroatoms. The van der Waals surface area contributed by atoms with Gasteiger partial charge in [-0.05, 0) is 38.5 Å². The van der Waals surface area contributed by atoms with Crippen LogP contribution in [-0.2, 0) is 13.0 Å². The molecule has 0 amide bonds. The van der Waals surface area contributed by atoms with E-state index >= 15 is 0 Å². The second kappa shape index (κ2) is 6.78. The number of rotatable bonds is 5. The minimum absolute atomic E-state index is 0.408. The van der Waals surface area contributed by atoms with Gasteiger partial charge in [0.2, 0.25) is 5.88 Å². The van der Waals surface area contributed by atoms with Crippen LogP contribution >= 0.6 is 0 Å². The summed E-state index contributed by atoms with van der Waals surface area (Å²) in [5.41, 5.74) is 1.72. The van der Waals surface area contributed by atoms with Gasteiger partial charge in [-0.1, -0.05) is 13.3 Å². The number of nitrogens with zero attached hydrogens (tertiary/aromatic N) is 4. The molecule has 1 heterocycles. The lowest BCUT2D eigenvalue weighted by Gasteiger charge is -2.11. The molecular weight excluding hydrogens is 276 g/mol. The largest absolute Gasteiger partial charge is 0.439 e. The molecule has 22 heavy (non-hydrogen) atoms. The van der Waals surface area contributed by atoms with Crippen LogP contribution in [0.4, 0.5) is 0 Å². The number of aryl methyl sites for hydroxylation is 2. The Bertz CT molecular complexity index is 730. The van der Waals surface area contributed by atoms with Gasteiger partial charge in [0, 0.05) is 6.54 Å². The van der Waals surface area contributed by atoms with E-state index in [-0.39, 0.29) is 0 Å². The molecule has 5 nitrogen and oxygen atoms in total. The highest BCUT2D eigenvalue weighted by molar-refractivity contribution is 5.46. The zero-order valence-electron chi connectivity index (χ0n) is 13.1. The lowest BCUT2D eigenvalue weighted by atomic mass is 10.1. The number of aromatic nitrogens is 2. The van der Waals surface area contributed by atoms with Crippen LogP contribution in [0.2, 0.25) is 0 Å². The Morgan fingerprint density at radius 3 is 2.27 bits per heavy atom. The first-order valence-corrected chi connectivity index (χ1v) is 7.32. The van der Waals surface area contributed by atoms with Gasteiger partial charge in [0.15, 0.2) is 0 Å². The lowest BCUT2D eigenvalue weighted by molar-refractivity contribution is 0.424. The Morgan fingerprint density at radius 2 is 1.77 bits per heavy atom. The summed E-state index contributed by atoms with van der Waals surface area (Å²) < 4.78 is 7.98. The third kappa shape index (κ3) is 3.10. The number of nitriles is 2. The maximum atomic E-state index is 9.06. The molecule has 0 N–H and O–H groups in total. The fourth-order valence-corrected chi connectivity index (χ4v) is 2.39. The second-order valence-electron chi connectivity index (χ2n) is 4.98. The van der Waals surface area contributed by atoms with Crippen molar-refractivity contribution in [3.05, 3.63) is 40.8 Å². The van der Waals surface area contributed by atoms with Crippen LogP contribution in [0.15, 0.2) is 18.2 Å². The SMILES string of the molecule is CCCc1nc(C)n(CC)c1Oc1cc(C#N)cc(C#N)c1. The van der Waals surface area contributed by atoms with Crippen LogP contribution in [0.5, 0.6) is 11.6 Å². The van der Waals surface area contributed by atoms with Crippen LogP contribution in [0.1, 0.15) is 42.9 Å². The Morgan fingerprint density at radius 1 is 1.14 bits per heavy atom. The van der Waals surface area contributed by atoms with Crippen molar-refractivity contribution in [1.82, 2.24) is 9.55 Å². The Kier molecular flexibility index (Phi) is 4.80. The Labute approximate surface area is 130 Å². The molecular formula is C17H18N4O. The maximum Gasteiger partial charge on any atom is 0.223 e. The van der Waals surface area contributed by atoms with Gasteiger partial charge in [-0.3, -0.25) is 4.57 Å². The standard InChI is InChI=1S/C17H18N4O/c1-4-6-16-17(21(5-2)12(3)20-16)22-15-8-13(10-18)7-14(9-15)11-19/h7-9H,4-6H2,1-3H3. The van der Waals surface area contributed by atoms with Gasteiger partial charge in [-0.2, -0.15) is 10.5 Å². The van der Waals surface area contributed by atoms with E-state index in [1.54, 1.807) is 18.2 Å². The predicted molar refractivity (Wildman–Crippen MR) is 82.6 cm³/mol. The number of benzene rings is 1. The highest BCUT2D eigenvalue weighted by Crippen LogP contribution is 2.29. The zero-order valence-corrected chi connectivity index (χ0v) is 13.1. The van der Waals surface area contributed by atoms with E-state index in [0.29, 0.717) is 22.8 Å². The van der Waals surface area contributed by atoms with Crippen LogP contribution < -0.4 is 4.74 Å². The summed E-state index contributed by atoms with van der Waals surface area (Å²) in [6.45, 7) is 6.82. The summed E-state index contributed by atoms with van der Waals surface area (Å²) >= 11 is 0. The third-order valence-corrected chi connectivity index (χ3v) is 3.36. The number of ether oxygens (including phenoxy) is 1. The summed E-state index contributed by atoms with van der Waals surface area (Å²) in [6, 6.07) is 8.92. The van der Waals surface area contributed by atoms with Crippen LogP contribution in [-0.4, -0.2) is 9.55 Å². The van der Waals surface area contributed by atoms with Crippen LogP contribution in [0, 0.1) is 29.6 Å². The maximum absolute atomic E-state index is 9.06. The van der Waals surface area contributed by atoms with Gasteiger partial charge < -0.3 is 4.74 Å². The smallest absolute Gasteiger partial charge is 0.223 e. The van der Waals surface area contributed by atoms with Gasteiger partial charge in [-0.15, -0.1) is 0 Å². The van der Waals surface area contributed by atoms with Crippen molar-refractivity contribution < 1.29 is 4.74 Å². The molecule has 0 radical (unpaired) electrons. The van der Waals surface area contributed by atoms with Gasteiger partial charge in [-0.25, -0.2) is 4.98 Å². The first-order chi connectivity index (χ1) is 10.6. The number of hydrogen-bond donors (Lipinski definition) is 0. The fraction of sp³-hybridized carbons (Fsp3) is 0.353. The van der Waals surface area contributed by atoms with E-state index in [2.05, 4.69) is 11.9 Å². The average Bonchev–Trinajstić information content (AvgIpc) is 2.82. The molecule has 112 valence electrons. The quantitative estimate of drug-likeness (QED) is 0.842. The van der Waals surface area contributed by atoms with Crippen molar-refractivity contribution >= 4 is 0 Å². The molecule has 0 aliphatic rings. The lowest BCUT2D eigenvalue weighted by Crippen LogP contribution is -2.01. The van der Waals surface area contributed by atoms with Crippen LogP contribution in [0.25, 0.3) is 0 Å². The summed E-state index contributed by atoms with van der Waals surface area (Å²) in [7, 11) is 0. The van der Waals surface area contributed by atoms with Crippen molar-refractivity contribution in [2.24, 2.45) is 0 Å². The average molecular weight is 294 g/mol. The monoisotopic (exact) mass is 294 g/mol. The van der Waals surface area contributed by atoms with E-state index in [1.807, 2.05) is 30.6 Å². The molecule has 0 atom stereocenters. The third-order valence-electron chi connectivity index (χ3n) is 3.36. The van der Waals surface area contributed by atoms with Crippen LogP contribution in [0.3, 0.4) is 0 Å². The van der Waals surface area contributed by atoms with Crippen molar-refractivity contribution in [2.75, 3.05) is 0 Å². The molecule has 0 saturated heterocycles. The summed E-state index contributed by atoms with van der Waals surface area (Å²) in [6.07, 6.45) is 1.80. The van der Waals surface area contributed by atoms with Gasteiger partial charge >= 0.3 is 0 Å². The summed E-state index contributed by atoms with van der Waals surface area (Å²) in [5.74, 6) is 2.08. The van der Waals surface area contributed by atoms with E-state index in [0.717, 1.165) is 30.9 Å². The van der Waals surface area contributed by atoms with Crippen molar-refractivity contribution in [1.29, 1.82) is 10.5 Å². The molecule has 2 aromatic rings. The van der Waals surface area contributed by atoms with E-state index in [9.17, 15) is 0 Å². The highest BCUT2D eigenvalue weighted by atomic mass is 16.5. The minimum atomic E-state index is 0.408. The topological polar surface area (TPSA) is 74.6 Å². The molecule has 0 bridgehead atoms. The molecule has 0 spiro atoms. The number of hydrogen-bond acceptors (Lipinski definition) is 4. The van der Waals surface area contributed by atoms with Crippen molar-refractivity contribution in [3.8, 4) is 23.8 Å². The Hall–Kier alpha value is -2.79. The fourth-order valence-electron chi connectivity index (χ4n) is 2.39. The Balaban J connectivity index is 2.47. The zero-order chi connectivity index (χ0) is 16.1. The van der Waals surface area contributed by atoms with Gasteiger partial charge in [0.25, 0.3) is 0 Å². The number of imidazole rings is 1. The van der Waals surface area contributed by atoms with E-state index in [1.165, 1.54) is 0 Å². The van der Waals surface area contributed by atoms with Crippen molar-refractivity contribution in [2.45, 2.75) is 40.2 Å². The summed E-state index contributed by atoms with van der Waals surface area (Å²) in [4.78, 5) is 4.56. The molecule has 1 aromatic carbocycles. The van der Waals surface area contributed by atoms with Gasteiger partial charge in [0.1, 0.15) is 17.3 Å². The molecule has 0 unspecified atom stereocenters. The van der Waals surface area contributed by atoms with Crippen molar-refractivity contribution in [3.63, 3.8) is 0 Å². The first kappa shape index (κ1) is 15.6. The molecule has 0 fully saturated rings. The molecule has 0 saturated carbocycles. The van der Waals surface area contributed by atoms with E-state index < -0.39 is 0 Å². The molecule has 0 aliphatic carbocycles. The normalized spacial score (nSPS) is 10.0. The highest BCUT2D eigenvalue weighted by Gasteiger charge is 2.16. The molecule has 0 aliphatic heterocycles.